The Kier molecular flexibility index (Phi) is 5.87. The molecule has 7 nitrogen and oxygen atoms in total. The van der Waals surface area contributed by atoms with Gasteiger partial charge in [0, 0.05) is 19.7 Å². The number of aliphatic hydroxyl groups is 1. The topological polar surface area (TPSA) is 99.1 Å². The van der Waals surface area contributed by atoms with Gasteiger partial charge in [-0.3, -0.25) is 0 Å². The van der Waals surface area contributed by atoms with Gasteiger partial charge in [-0.25, -0.2) is 9.59 Å². The van der Waals surface area contributed by atoms with Crippen LogP contribution in [0.4, 0.5) is 4.79 Å². The lowest BCUT2D eigenvalue weighted by Crippen LogP contribution is -2.46. The number of rotatable bonds is 6. The smallest absolute Gasteiger partial charge is 0.334 e. The van der Waals surface area contributed by atoms with Gasteiger partial charge in [-0.2, -0.15) is 0 Å². The van der Waals surface area contributed by atoms with E-state index in [-0.39, 0.29) is 18.7 Å². The van der Waals surface area contributed by atoms with Crippen LogP contribution in [0.5, 0.6) is 0 Å². The highest BCUT2D eigenvalue weighted by Crippen LogP contribution is 2.13. The van der Waals surface area contributed by atoms with Crippen molar-refractivity contribution in [2.75, 3.05) is 26.2 Å². The molecule has 3 N–H and O–H groups in total. The van der Waals surface area contributed by atoms with Crippen molar-refractivity contribution in [2.45, 2.75) is 32.0 Å². The monoisotopic (exact) mass is 260 g/mol. The van der Waals surface area contributed by atoms with Gasteiger partial charge in [-0.05, 0) is 19.8 Å². The summed E-state index contributed by atoms with van der Waals surface area (Å²) in [5.41, 5.74) is 0. The number of hydrogen-bond acceptors (Lipinski definition) is 4. The van der Waals surface area contributed by atoms with Crippen molar-refractivity contribution in [1.29, 1.82) is 0 Å². The average Bonchev–Trinajstić information content (AvgIpc) is 2.85. The standard InChI is InChI=1S/C11H20N2O5/c1-2-13(7-8-4-3-5-18-8)11(17)12-6-9(14)10(15)16/h8-9,14H,2-7H2,1H3,(H,12,17)(H,15,16)/t8?,9-/m0/s1. The molecule has 1 fully saturated rings. The molecule has 1 heterocycles. The van der Waals surface area contributed by atoms with E-state index in [9.17, 15) is 9.59 Å². The van der Waals surface area contributed by atoms with Crippen LogP contribution in [0.15, 0.2) is 0 Å². The van der Waals surface area contributed by atoms with Crippen LogP contribution in [0.2, 0.25) is 0 Å². The summed E-state index contributed by atoms with van der Waals surface area (Å²) < 4.78 is 5.43. The first-order chi connectivity index (χ1) is 8.54. The Bertz CT molecular complexity index is 291. The largest absolute Gasteiger partial charge is 0.479 e. The van der Waals surface area contributed by atoms with E-state index >= 15 is 0 Å². The van der Waals surface area contributed by atoms with Crippen LogP contribution in [0.1, 0.15) is 19.8 Å². The molecule has 1 aliphatic heterocycles. The minimum Gasteiger partial charge on any atom is -0.479 e. The quantitative estimate of drug-likeness (QED) is 0.606. The molecule has 7 heteroatoms. The summed E-state index contributed by atoms with van der Waals surface area (Å²) >= 11 is 0. The van der Waals surface area contributed by atoms with Gasteiger partial charge in [0.15, 0.2) is 6.10 Å². The van der Waals surface area contributed by atoms with Gasteiger partial charge in [0.1, 0.15) is 0 Å². The molecule has 104 valence electrons. The van der Waals surface area contributed by atoms with Crippen LogP contribution in [-0.4, -0.2) is 65.6 Å². The summed E-state index contributed by atoms with van der Waals surface area (Å²) in [4.78, 5) is 23.7. The molecule has 0 aromatic rings. The molecule has 0 spiro atoms. The fourth-order valence-corrected chi connectivity index (χ4v) is 1.77. The number of urea groups is 1. The molecular formula is C11H20N2O5. The van der Waals surface area contributed by atoms with Crippen LogP contribution in [0.25, 0.3) is 0 Å². The lowest BCUT2D eigenvalue weighted by atomic mass is 10.2. The summed E-state index contributed by atoms with van der Waals surface area (Å²) in [5, 5.41) is 19.9. The number of aliphatic carboxylic acids is 1. The zero-order valence-corrected chi connectivity index (χ0v) is 10.5. The zero-order chi connectivity index (χ0) is 13.5. The Hall–Kier alpha value is -1.34. The van der Waals surface area contributed by atoms with Gasteiger partial charge in [0.25, 0.3) is 0 Å². The van der Waals surface area contributed by atoms with Crippen molar-refractivity contribution < 1.29 is 24.5 Å². The summed E-state index contributed by atoms with van der Waals surface area (Å²) in [6, 6.07) is -0.381. The van der Waals surface area contributed by atoms with E-state index in [0.717, 1.165) is 19.4 Å². The normalized spacial score (nSPS) is 20.4. The third-order valence-corrected chi connectivity index (χ3v) is 2.85. The summed E-state index contributed by atoms with van der Waals surface area (Å²) in [5.74, 6) is -1.35. The van der Waals surface area contributed by atoms with Crippen LogP contribution in [0.3, 0.4) is 0 Å². The summed E-state index contributed by atoms with van der Waals surface area (Å²) in [6.07, 6.45) is 0.416. The molecular weight excluding hydrogens is 240 g/mol. The Balaban J connectivity index is 2.34. The Labute approximate surface area is 106 Å². The number of nitrogens with one attached hydrogen (secondary N) is 1. The molecule has 1 unspecified atom stereocenters. The molecule has 18 heavy (non-hydrogen) atoms. The summed E-state index contributed by atoms with van der Waals surface area (Å²) in [7, 11) is 0. The number of carboxylic acid groups (broad SMARTS) is 1. The molecule has 1 aliphatic rings. The van der Waals surface area contributed by atoms with Crippen molar-refractivity contribution in [3.05, 3.63) is 0 Å². The molecule has 1 saturated heterocycles. The zero-order valence-electron chi connectivity index (χ0n) is 10.5. The second-order valence-electron chi connectivity index (χ2n) is 4.21. The Morgan fingerprint density at radius 3 is 2.78 bits per heavy atom. The third-order valence-electron chi connectivity index (χ3n) is 2.85. The maximum absolute atomic E-state index is 11.7. The van der Waals surface area contributed by atoms with E-state index in [2.05, 4.69) is 5.32 Å². The number of carbonyl (C=O) groups excluding carboxylic acids is 1. The van der Waals surface area contributed by atoms with E-state index in [1.54, 1.807) is 4.90 Å². The first-order valence-corrected chi connectivity index (χ1v) is 6.09. The van der Waals surface area contributed by atoms with Gasteiger partial charge in [0.2, 0.25) is 0 Å². The van der Waals surface area contributed by atoms with E-state index in [4.69, 9.17) is 14.9 Å². The molecule has 1 rings (SSSR count). The number of carboxylic acids is 1. The van der Waals surface area contributed by atoms with Crippen molar-refractivity contribution in [3.63, 3.8) is 0 Å². The van der Waals surface area contributed by atoms with Gasteiger partial charge in [0.05, 0.1) is 12.6 Å². The van der Waals surface area contributed by atoms with Crippen molar-refractivity contribution >= 4 is 12.0 Å². The van der Waals surface area contributed by atoms with E-state index in [1.165, 1.54) is 0 Å². The summed E-state index contributed by atoms with van der Waals surface area (Å²) in [6.45, 7) is 3.26. The number of ether oxygens (including phenoxy) is 1. The molecule has 0 aliphatic carbocycles. The minimum atomic E-state index is -1.57. The molecule has 0 aromatic carbocycles. The van der Waals surface area contributed by atoms with Crippen LogP contribution < -0.4 is 5.32 Å². The molecule has 0 bridgehead atoms. The maximum atomic E-state index is 11.7. The van der Waals surface area contributed by atoms with Gasteiger partial charge in [-0.1, -0.05) is 0 Å². The van der Waals surface area contributed by atoms with Gasteiger partial charge in [-0.15, -0.1) is 0 Å². The number of hydrogen-bond donors (Lipinski definition) is 3. The van der Waals surface area contributed by atoms with Crippen LogP contribution in [-0.2, 0) is 9.53 Å². The highest BCUT2D eigenvalue weighted by atomic mass is 16.5. The van der Waals surface area contributed by atoms with Crippen molar-refractivity contribution in [2.24, 2.45) is 0 Å². The van der Waals surface area contributed by atoms with E-state index in [1.807, 2.05) is 6.92 Å². The molecule has 0 saturated carbocycles. The second-order valence-corrected chi connectivity index (χ2v) is 4.21. The van der Waals surface area contributed by atoms with Crippen molar-refractivity contribution in [1.82, 2.24) is 10.2 Å². The second kappa shape index (κ2) is 7.17. The van der Waals surface area contributed by atoms with Gasteiger partial charge < -0.3 is 25.2 Å². The fraction of sp³-hybridized carbons (Fsp3) is 0.818. The number of amides is 2. The Morgan fingerprint density at radius 1 is 1.56 bits per heavy atom. The Morgan fingerprint density at radius 2 is 2.28 bits per heavy atom. The van der Waals surface area contributed by atoms with Crippen molar-refractivity contribution in [3.8, 4) is 0 Å². The number of likely N-dealkylation sites (N-methyl/N-ethyl adjacent to an activating group) is 1. The predicted molar refractivity (Wildman–Crippen MR) is 63.3 cm³/mol. The minimum absolute atomic E-state index is 0.0556. The number of aliphatic hydroxyl groups excluding tert-OH is 1. The number of carbonyl (C=O) groups is 2. The van der Waals surface area contributed by atoms with Crippen LogP contribution >= 0.6 is 0 Å². The maximum Gasteiger partial charge on any atom is 0.334 e. The predicted octanol–water partition coefficient (Wildman–Crippen LogP) is -0.358. The van der Waals surface area contributed by atoms with Gasteiger partial charge >= 0.3 is 12.0 Å². The lowest BCUT2D eigenvalue weighted by molar-refractivity contribution is -0.146. The number of nitrogens with zero attached hydrogens (tertiary/aromatic N) is 1. The van der Waals surface area contributed by atoms with E-state index < -0.39 is 12.1 Å². The first-order valence-electron chi connectivity index (χ1n) is 6.09. The molecule has 0 aromatic heterocycles. The van der Waals surface area contributed by atoms with Crippen LogP contribution in [0, 0.1) is 0 Å². The highest BCUT2D eigenvalue weighted by molar-refractivity contribution is 5.76. The molecule has 2 atom stereocenters. The molecule has 2 amide bonds. The fourth-order valence-electron chi connectivity index (χ4n) is 1.77. The molecule has 0 radical (unpaired) electrons. The highest BCUT2D eigenvalue weighted by Gasteiger charge is 2.22. The third kappa shape index (κ3) is 4.50. The average molecular weight is 260 g/mol. The lowest BCUT2D eigenvalue weighted by Gasteiger charge is -2.24. The SMILES string of the molecule is CCN(CC1CCCO1)C(=O)NC[C@H](O)C(=O)O. The van der Waals surface area contributed by atoms with E-state index in [0.29, 0.717) is 13.1 Å². The first kappa shape index (κ1) is 14.7.